The Balaban J connectivity index is 1.63. The van der Waals surface area contributed by atoms with Crippen LogP contribution >= 0.6 is 0 Å². The fourth-order valence-electron chi connectivity index (χ4n) is 3.17. The molecule has 0 N–H and O–H groups in total. The summed E-state index contributed by atoms with van der Waals surface area (Å²) in [4.78, 5) is 19.9. The summed E-state index contributed by atoms with van der Waals surface area (Å²) in [6.07, 6.45) is 6.86. The SMILES string of the molecule is Cc1cncc(CN2CCC(N(C)c3ccnc(N(C)C)n3)C2)c1. The maximum absolute atomic E-state index is 4.65. The summed E-state index contributed by atoms with van der Waals surface area (Å²) in [6.45, 7) is 5.21. The number of aryl methyl sites for hydroxylation is 1. The van der Waals surface area contributed by atoms with Crippen LogP contribution in [0.5, 0.6) is 0 Å². The molecule has 0 aliphatic carbocycles. The normalized spacial score (nSPS) is 17.9. The molecule has 1 fully saturated rings. The Morgan fingerprint density at radius 1 is 1.25 bits per heavy atom. The summed E-state index contributed by atoms with van der Waals surface area (Å²) >= 11 is 0. The van der Waals surface area contributed by atoms with Crippen molar-refractivity contribution in [3.63, 3.8) is 0 Å². The van der Waals surface area contributed by atoms with Crippen LogP contribution in [0.2, 0.25) is 0 Å². The van der Waals surface area contributed by atoms with Gasteiger partial charge in [-0.15, -0.1) is 0 Å². The van der Waals surface area contributed by atoms with E-state index >= 15 is 0 Å². The Morgan fingerprint density at radius 3 is 2.83 bits per heavy atom. The van der Waals surface area contributed by atoms with E-state index in [1.54, 1.807) is 0 Å². The second-order valence-electron chi connectivity index (χ2n) is 6.77. The molecule has 3 rings (SSSR count). The van der Waals surface area contributed by atoms with Crippen LogP contribution in [-0.4, -0.2) is 60.1 Å². The molecule has 3 heterocycles. The van der Waals surface area contributed by atoms with Gasteiger partial charge in [0.25, 0.3) is 0 Å². The minimum Gasteiger partial charge on any atom is -0.355 e. The zero-order valence-electron chi connectivity index (χ0n) is 15.0. The maximum atomic E-state index is 4.65. The van der Waals surface area contributed by atoms with E-state index in [4.69, 9.17) is 0 Å². The molecule has 0 bridgehead atoms. The van der Waals surface area contributed by atoms with Crippen LogP contribution < -0.4 is 9.80 Å². The van der Waals surface area contributed by atoms with Crippen LogP contribution in [0, 0.1) is 6.92 Å². The zero-order valence-corrected chi connectivity index (χ0v) is 15.0. The van der Waals surface area contributed by atoms with Crippen molar-refractivity contribution < 1.29 is 0 Å². The first-order chi connectivity index (χ1) is 11.5. The highest BCUT2D eigenvalue weighted by Gasteiger charge is 2.26. The highest BCUT2D eigenvalue weighted by molar-refractivity contribution is 5.43. The van der Waals surface area contributed by atoms with E-state index in [1.165, 1.54) is 11.1 Å². The molecule has 6 heteroatoms. The molecule has 1 unspecified atom stereocenters. The molecule has 1 saturated heterocycles. The lowest BCUT2D eigenvalue weighted by atomic mass is 10.2. The molecule has 0 amide bonds. The van der Waals surface area contributed by atoms with Gasteiger partial charge in [-0.2, -0.15) is 4.98 Å². The molecule has 2 aromatic rings. The number of likely N-dealkylation sites (tertiary alicyclic amines) is 1. The maximum Gasteiger partial charge on any atom is 0.226 e. The minimum atomic E-state index is 0.479. The molecular weight excluding hydrogens is 300 g/mol. The van der Waals surface area contributed by atoms with Crippen molar-refractivity contribution in [1.29, 1.82) is 0 Å². The number of hydrogen-bond donors (Lipinski definition) is 0. The van der Waals surface area contributed by atoms with Crippen LogP contribution in [0.15, 0.2) is 30.7 Å². The van der Waals surface area contributed by atoms with Gasteiger partial charge in [-0.3, -0.25) is 9.88 Å². The van der Waals surface area contributed by atoms with Gasteiger partial charge in [0.05, 0.1) is 0 Å². The van der Waals surface area contributed by atoms with E-state index in [0.29, 0.717) is 6.04 Å². The molecule has 1 aliphatic heterocycles. The van der Waals surface area contributed by atoms with E-state index in [-0.39, 0.29) is 0 Å². The average molecular weight is 326 g/mol. The summed E-state index contributed by atoms with van der Waals surface area (Å²) in [5.74, 6) is 1.73. The lowest BCUT2D eigenvalue weighted by molar-refractivity contribution is 0.325. The quantitative estimate of drug-likeness (QED) is 0.837. The van der Waals surface area contributed by atoms with Crippen molar-refractivity contribution in [3.8, 4) is 0 Å². The van der Waals surface area contributed by atoms with Crippen LogP contribution in [-0.2, 0) is 6.54 Å². The molecule has 0 aromatic carbocycles. The Hall–Kier alpha value is -2.21. The smallest absolute Gasteiger partial charge is 0.226 e. The average Bonchev–Trinajstić information content (AvgIpc) is 3.02. The van der Waals surface area contributed by atoms with E-state index in [9.17, 15) is 0 Å². The second kappa shape index (κ2) is 7.13. The predicted octanol–water partition coefficient (Wildman–Crippen LogP) is 1.96. The predicted molar refractivity (Wildman–Crippen MR) is 97.4 cm³/mol. The first-order valence-corrected chi connectivity index (χ1v) is 8.39. The fourth-order valence-corrected chi connectivity index (χ4v) is 3.17. The Labute approximate surface area is 144 Å². The van der Waals surface area contributed by atoms with Crippen LogP contribution in [0.4, 0.5) is 11.8 Å². The van der Waals surface area contributed by atoms with Crippen molar-refractivity contribution in [2.75, 3.05) is 44.0 Å². The van der Waals surface area contributed by atoms with Gasteiger partial charge >= 0.3 is 0 Å². The molecule has 1 atom stereocenters. The van der Waals surface area contributed by atoms with E-state index in [2.05, 4.69) is 44.8 Å². The zero-order chi connectivity index (χ0) is 17.1. The highest BCUT2D eigenvalue weighted by atomic mass is 15.3. The van der Waals surface area contributed by atoms with Gasteiger partial charge in [0.1, 0.15) is 5.82 Å². The minimum absolute atomic E-state index is 0.479. The Bertz CT molecular complexity index is 687. The molecule has 6 nitrogen and oxygen atoms in total. The van der Waals surface area contributed by atoms with Gasteiger partial charge in [0, 0.05) is 65.4 Å². The third-order valence-electron chi connectivity index (χ3n) is 4.52. The first kappa shape index (κ1) is 16.6. The lowest BCUT2D eigenvalue weighted by Crippen LogP contribution is -2.35. The second-order valence-corrected chi connectivity index (χ2v) is 6.77. The van der Waals surface area contributed by atoms with Gasteiger partial charge in [0.2, 0.25) is 5.95 Å². The summed E-state index contributed by atoms with van der Waals surface area (Å²) in [5, 5.41) is 0. The molecule has 0 spiro atoms. The van der Waals surface area contributed by atoms with Gasteiger partial charge < -0.3 is 9.80 Å². The van der Waals surface area contributed by atoms with Crippen molar-refractivity contribution in [1.82, 2.24) is 19.9 Å². The summed E-state index contributed by atoms with van der Waals surface area (Å²) < 4.78 is 0. The summed E-state index contributed by atoms with van der Waals surface area (Å²) in [5.41, 5.74) is 2.51. The molecule has 0 saturated carbocycles. The van der Waals surface area contributed by atoms with E-state index < -0.39 is 0 Å². The number of pyridine rings is 1. The third kappa shape index (κ3) is 3.82. The van der Waals surface area contributed by atoms with E-state index in [1.807, 2.05) is 43.7 Å². The monoisotopic (exact) mass is 326 g/mol. The molecule has 24 heavy (non-hydrogen) atoms. The standard InChI is InChI=1S/C18H26N6/c1-14-9-15(11-19-10-14)12-24-8-6-16(13-24)23(4)17-5-7-20-18(21-17)22(2)3/h5,7,9-11,16H,6,8,12-13H2,1-4H3. The Morgan fingerprint density at radius 2 is 2.08 bits per heavy atom. The van der Waals surface area contributed by atoms with Gasteiger partial charge in [-0.05, 0) is 30.5 Å². The number of anilines is 2. The largest absolute Gasteiger partial charge is 0.355 e. The first-order valence-electron chi connectivity index (χ1n) is 8.39. The number of nitrogens with zero attached hydrogens (tertiary/aromatic N) is 6. The number of likely N-dealkylation sites (N-methyl/N-ethyl adjacent to an activating group) is 1. The Kier molecular flexibility index (Phi) is 4.94. The fraction of sp³-hybridized carbons (Fsp3) is 0.500. The van der Waals surface area contributed by atoms with Gasteiger partial charge in [0.15, 0.2) is 0 Å². The van der Waals surface area contributed by atoms with E-state index in [0.717, 1.165) is 37.8 Å². The summed E-state index contributed by atoms with van der Waals surface area (Å²) in [6, 6.07) is 4.69. The summed E-state index contributed by atoms with van der Waals surface area (Å²) in [7, 11) is 6.06. The van der Waals surface area contributed by atoms with Crippen molar-refractivity contribution in [3.05, 3.63) is 41.9 Å². The highest BCUT2D eigenvalue weighted by Crippen LogP contribution is 2.22. The van der Waals surface area contributed by atoms with Crippen molar-refractivity contribution >= 4 is 11.8 Å². The molecular formula is C18H26N6. The van der Waals surface area contributed by atoms with Crippen molar-refractivity contribution in [2.45, 2.75) is 25.9 Å². The topological polar surface area (TPSA) is 48.4 Å². The molecule has 2 aromatic heterocycles. The van der Waals surface area contributed by atoms with Crippen LogP contribution in [0.3, 0.4) is 0 Å². The number of hydrogen-bond acceptors (Lipinski definition) is 6. The number of aromatic nitrogens is 3. The van der Waals surface area contributed by atoms with Gasteiger partial charge in [-0.1, -0.05) is 6.07 Å². The third-order valence-corrected chi connectivity index (χ3v) is 4.52. The molecule has 128 valence electrons. The molecule has 0 radical (unpaired) electrons. The van der Waals surface area contributed by atoms with Crippen LogP contribution in [0.1, 0.15) is 17.5 Å². The van der Waals surface area contributed by atoms with Crippen LogP contribution in [0.25, 0.3) is 0 Å². The van der Waals surface area contributed by atoms with Crippen molar-refractivity contribution in [2.24, 2.45) is 0 Å². The molecule has 1 aliphatic rings. The number of rotatable bonds is 5. The lowest BCUT2D eigenvalue weighted by Gasteiger charge is -2.26. The van der Waals surface area contributed by atoms with Gasteiger partial charge in [-0.25, -0.2) is 4.98 Å².